The molecule has 11 heteroatoms. The average Bonchev–Trinajstić information content (AvgIpc) is 3.18. The lowest BCUT2D eigenvalue weighted by atomic mass is 10.1. The molecule has 0 radical (unpaired) electrons. The second kappa shape index (κ2) is 10.5. The molecule has 2 heterocycles. The van der Waals surface area contributed by atoms with E-state index in [-0.39, 0.29) is 30.6 Å². The first-order valence-electron chi connectivity index (χ1n) is 9.95. The van der Waals surface area contributed by atoms with Gasteiger partial charge in [-0.1, -0.05) is 35.5 Å². The fourth-order valence-corrected chi connectivity index (χ4v) is 3.85. The number of halogens is 3. The van der Waals surface area contributed by atoms with Crippen LogP contribution in [0.5, 0.6) is 0 Å². The van der Waals surface area contributed by atoms with Crippen molar-refractivity contribution in [3.05, 3.63) is 53.7 Å². The normalized spacial score (nSPS) is 11.4. The highest BCUT2D eigenvalue weighted by Gasteiger charge is 2.33. The topological polar surface area (TPSA) is 84.7 Å². The van der Waals surface area contributed by atoms with Crippen LogP contribution >= 0.6 is 11.8 Å². The van der Waals surface area contributed by atoms with Gasteiger partial charge in [0.05, 0.1) is 11.3 Å². The van der Waals surface area contributed by atoms with Crippen molar-refractivity contribution < 1.29 is 18.0 Å². The summed E-state index contributed by atoms with van der Waals surface area (Å²) in [6.45, 7) is 4.89. The Hall–Kier alpha value is -3.08. The van der Waals surface area contributed by atoms with E-state index in [0.29, 0.717) is 11.7 Å². The van der Waals surface area contributed by atoms with Crippen molar-refractivity contribution in [3.8, 4) is 11.4 Å². The fraction of sp³-hybridized carbons (Fsp3) is 0.333. The van der Waals surface area contributed by atoms with Crippen LogP contribution in [0.25, 0.3) is 11.4 Å². The number of carbonyl (C=O) groups excluding carboxylic acids is 1. The van der Waals surface area contributed by atoms with Crippen LogP contribution in [0.4, 0.5) is 19.0 Å². The van der Waals surface area contributed by atoms with Gasteiger partial charge < -0.3 is 15.2 Å². The Morgan fingerprint density at radius 2 is 1.97 bits per heavy atom. The molecule has 2 N–H and O–H groups in total. The van der Waals surface area contributed by atoms with Gasteiger partial charge in [0.15, 0.2) is 11.0 Å². The summed E-state index contributed by atoms with van der Waals surface area (Å²) in [5.74, 6) is 0.336. The van der Waals surface area contributed by atoms with Gasteiger partial charge in [-0.15, -0.1) is 10.2 Å². The lowest BCUT2D eigenvalue weighted by Crippen LogP contribution is -2.30. The highest BCUT2D eigenvalue weighted by molar-refractivity contribution is 7.99. The summed E-state index contributed by atoms with van der Waals surface area (Å²) >= 11 is 1.26. The highest BCUT2D eigenvalue weighted by Crippen LogP contribution is 2.33. The van der Waals surface area contributed by atoms with E-state index in [4.69, 9.17) is 0 Å². The number of pyridine rings is 1. The summed E-state index contributed by atoms with van der Waals surface area (Å²) in [4.78, 5) is 15.9. The second-order valence-corrected chi connectivity index (χ2v) is 7.83. The summed E-state index contributed by atoms with van der Waals surface area (Å²) in [5, 5.41) is 14.4. The molecular formula is C21H23F3N6OS. The Morgan fingerprint density at radius 1 is 1.16 bits per heavy atom. The quantitative estimate of drug-likeness (QED) is 0.368. The minimum atomic E-state index is -4.50. The molecule has 170 valence electrons. The van der Waals surface area contributed by atoms with Gasteiger partial charge in [0.1, 0.15) is 5.82 Å². The fourth-order valence-electron chi connectivity index (χ4n) is 3.02. The van der Waals surface area contributed by atoms with Gasteiger partial charge in [-0.2, -0.15) is 13.2 Å². The number of aryl methyl sites for hydroxylation is 1. The van der Waals surface area contributed by atoms with Gasteiger partial charge in [-0.05, 0) is 32.0 Å². The van der Waals surface area contributed by atoms with Gasteiger partial charge in [-0.3, -0.25) is 4.79 Å². The van der Waals surface area contributed by atoms with Crippen molar-refractivity contribution >= 4 is 23.5 Å². The lowest BCUT2D eigenvalue weighted by Gasteiger charge is -2.13. The van der Waals surface area contributed by atoms with E-state index in [1.807, 2.05) is 42.7 Å². The van der Waals surface area contributed by atoms with Gasteiger partial charge in [0, 0.05) is 31.4 Å². The Balaban J connectivity index is 1.50. The smallest absolute Gasteiger partial charge is 0.368 e. The Bertz CT molecular complexity index is 1070. The molecule has 0 atom stereocenters. The minimum Gasteiger partial charge on any atom is -0.368 e. The van der Waals surface area contributed by atoms with Crippen LogP contribution in [0.15, 0.2) is 47.8 Å². The summed E-state index contributed by atoms with van der Waals surface area (Å²) in [6.07, 6.45) is -3.22. The maximum Gasteiger partial charge on any atom is 0.419 e. The van der Waals surface area contributed by atoms with Crippen molar-refractivity contribution in [3.63, 3.8) is 0 Å². The number of hydrogen-bond acceptors (Lipinski definition) is 6. The third-order valence-corrected chi connectivity index (χ3v) is 5.46. The molecule has 1 amide bonds. The molecular weight excluding hydrogens is 441 g/mol. The van der Waals surface area contributed by atoms with E-state index < -0.39 is 11.7 Å². The van der Waals surface area contributed by atoms with E-state index >= 15 is 0 Å². The SMILES string of the molecule is CCn1c(SCC(=O)NCCNc2ncccc2C(F)(F)F)nnc1-c1cccc(C)c1. The molecule has 0 saturated heterocycles. The summed E-state index contributed by atoms with van der Waals surface area (Å²) < 4.78 is 40.9. The first-order chi connectivity index (χ1) is 15.3. The molecule has 0 aliphatic heterocycles. The third kappa shape index (κ3) is 6.00. The number of rotatable bonds is 9. The number of aromatic nitrogens is 4. The van der Waals surface area contributed by atoms with Crippen LogP contribution in [-0.4, -0.2) is 44.5 Å². The molecule has 1 aromatic carbocycles. The molecule has 0 spiro atoms. The van der Waals surface area contributed by atoms with Gasteiger partial charge in [0.25, 0.3) is 0 Å². The van der Waals surface area contributed by atoms with Crippen molar-refractivity contribution in [1.82, 2.24) is 25.1 Å². The summed E-state index contributed by atoms with van der Waals surface area (Å²) in [5.41, 5.74) is 1.23. The molecule has 0 aliphatic rings. The molecule has 32 heavy (non-hydrogen) atoms. The largest absolute Gasteiger partial charge is 0.419 e. The first-order valence-corrected chi connectivity index (χ1v) is 10.9. The molecule has 3 aromatic rings. The van der Waals surface area contributed by atoms with Crippen molar-refractivity contribution in [2.45, 2.75) is 31.7 Å². The third-order valence-electron chi connectivity index (χ3n) is 4.49. The maximum absolute atomic E-state index is 13.0. The Morgan fingerprint density at radius 3 is 2.69 bits per heavy atom. The van der Waals surface area contributed by atoms with Crippen LogP contribution in [0.3, 0.4) is 0 Å². The number of nitrogens with one attached hydrogen (secondary N) is 2. The van der Waals surface area contributed by atoms with Crippen molar-refractivity contribution in [2.24, 2.45) is 0 Å². The first kappa shape index (κ1) is 23.6. The molecule has 0 fully saturated rings. The van der Waals surface area contributed by atoms with Crippen molar-refractivity contribution in [2.75, 3.05) is 24.2 Å². The maximum atomic E-state index is 13.0. The number of thioether (sulfide) groups is 1. The molecule has 0 saturated carbocycles. The van der Waals surface area contributed by atoms with Gasteiger partial charge >= 0.3 is 6.18 Å². The van der Waals surface area contributed by atoms with Crippen LogP contribution < -0.4 is 10.6 Å². The molecule has 7 nitrogen and oxygen atoms in total. The summed E-state index contributed by atoms with van der Waals surface area (Å²) in [6, 6.07) is 10.1. The zero-order chi connectivity index (χ0) is 23.1. The predicted molar refractivity (Wildman–Crippen MR) is 117 cm³/mol. The molecule has 3 rings (SSSR count). The number of hydrogen-bond donors (Lipinski definition) is 2. The standard InChI is InChI=1S/C21H23F3N6OS/c1-3-30-19(15-7-4-6-14(2)12-15)28-29-20(30)32-13-17(31)25-10-11-27-18-16(21(22,23)24)8-5-9-26-18/h4-9,12H,3,10-11,13H2,1-2H3,(H,25,31)(H,26,27). The van der Waals surface area contributed by atoms with Crippen molar-refractivity contribution in [1.29, 1.82) is 0 Å². The Kier molecular flexibility index (Phi) is 7.73. The van der Waals surface area contributed by atoms with E-state index in [0.717, 1.165) is 23.0 Å². The zero-order valence-electron chi connectivity index (χ0n) is 17.6. The predicted octanol–water partition coefficient (Wildman–Crippen LogP) is 4.01. The molecule has 2 aromatic heterocycles. The van der Waals surface area contributed by atoms with Gasteiger partial charge in [0.2, 0.25) is 5.91 Å². The number of benzene rings is 1. The average molecular weight is 465 g/mol. The molecule has 0 bridgehead atoms. The van der Waals surface area contributed by atoms with Crippen LogP contribution in [0.2, 0.25) is 0 Å². The van der Waals surface area contributed by atoms with E-state index in [2.05, 4.69) is 25.8 Å². The van der Waals surface area contributed by atoms with E-state index in [9.17, 15) is 18.0 Å². The van der Waals surface area contributed by atoms with Crippen LogP contribution in [-0.2, 0) is 17.5 Å². The van der Waals surface area contributed by atoms with Gasteiger partial charge in [-0.25, -0.2) is 4.98 Å². The summed E-state index contributed by atoms with van der Waals surface area (Å²) in [7, 11) is 0. The van der Waals surface area contributed by atoms with E-state index in [1.165, 1.54) is 24.0 Å². The van der Waals surface area contributed by atoms with E-state index in [1.54, 1.807) is 0 Å². The monoisotopic (exact) mass is 464 g/mol. The molecule has 0 unspecified atom stereocenters. The lowest BCUT2D eigenvalue weighted by molar-refractivity contribution is -0.137. The number of carbonyl (C=O) groups is 1. The van der Waals surface area contributed by atoms with Crippen LogP contribution in [0.1, 0.15) is 18.1 Å². The number of alkyl halides is 3. The number of nitrogens with zero attached hydrogens (tertiary/aromatic N) is 4. The Labute approximate surface area is 187 Å². The molecule has 0 aliphatic carbocycles. The number of amides is 1. The zero-order valence-corrected chi connectivity index (χ0v) is 18.4. The van der Waals surface area contributed by atoms with Crippen LogP contribution in [0, 0.1) is 6.92 Å². The highest BCUT2D eigenvalue weighted by atomic mass is 32.2. The second-order valence-electron chi connectivity index (χ2n) is 6.88. The minimum absolute atomic E-state index is 0.110. The number of anilines is 1.